The van der Waals surface area contributed by atoms with Crippen LogP contribution in [0.2, 0.25) is 0 Å². The molecule has 6 heteroatoms. The summed E-state index contributed by atoms with van der Waals surface area (Å²) in [6.45, 7) is -0.203. The molecule has 0 spiro atoms. The standard InChI is InChI=1S/C13H18O6/c14-6-9-12(10(15)11(16)13(17)19-9)18-7-8-4-2-1-3-5-8/h1-5,9-17H,6-7H2/t9-,10+,11-,12-,13+/m1/s1. The predicted octanol–water partition coefficient (Wildman–Crippen LogP) is -0.997. The van der Waals surface area contributed by atoms with E-state index in [0.717, 1.165) is 5.56 Å². The zero-order chi connectivity index (χ0) is 13.8. The summed E-state index contributed by atoms with van der Waals surface area (Å²) < 4.78 is 10.5. The van der Waals surface area contributed by atoms with Crippen molar-refractivity contribution in [3.8, 4) is 0 Å². The number of hydrogen-bond acceptors (Lipinski definition) is 6. The molecule has 6 nitrogen and oxygen atoms in total. The molecule has 1 heterocycles. The van der Waals surface area contributed by atoms with E-state index in [-0.39, 0.29) is 6.61 Å². The van der Waals surface area contributed by atoms with Crippen LogP contribution in [0.3, 0.4) is 0 Å². The molecule has 0 bridgehead atoms. The predicted molar refractivity (Wildman–Crippen MR) is 65.0 cm³/mol. The normalized spacial score (nSPS) is 35.3. The number of benzene rings is 1. The fourth-order valence-corrected chi connectivity index (χ4v) is 2.04. The van der Waals surface area contributed by atoms with Gasteiger partial charge < -0.3 is 29.9 Å². The SMILES string of the molecule is OC[C@H]1O[C@H](O)[C@H](O)[C@H](O)[C@@H]1OCc1ccccc1. The molecule has 5 atom stereocenters. The van der Waals surface area contributed by atoms with E-state index in [4.69, 9.17) is 9.47 Å². The Bertz CT molecular complexity index is 382. The van der Waals surface area contributed by atoms with Gasteiger partial charge in [-0.3, -0.25) is 0 Å². The molecule has 0 radical (unpaired) electrons. The van der Waals surface area contributed by atoms with Crippen molar-refractivity contribution < 1.29 is 29.9 Å². The largest absolute Gasteiger partial charge is 0.394 e. The molecular weight excluding hydrogens is 252 g/mol. The summed E-state index contributed by atoms with van der Waals surface area (Å²) in [4.78, 5) is 0. The van der Waals surface area contributed by atoms with E-state index in [1.165, 1.54) is 0 Å². The smallest absolute Gasteiger partial charge is 0.184 e. The van der Waals surface area contributed by atoms with Gasteiger partial charge in [0.15, 0.2) is 6.29 Å². The molecule has 1 fully saturated rings. The number of aliphatic hydroxyl groups excluding tert-OH is 4. The second-order valence-corrected chi connectivity index (χ2v) is 4.49. The minimum absolute atomic E-state index is 0.214. The van der Waals surface area contributed by atoms with Gasteiger partial charge in [0.1, 0.15) is 24.4 Å². The zero-order valence-electron chi connectivity index (χ0n) is 10.3. The van der Waals surface area contributed by atoms with E-state index in [2.05, 4.69) is 0 Å². The summed E-state index contributed by atoms with van der Waals surface area (Å²) in [6.07, 6.45) is -6.07. The monoisotopic (exact) mass is 270 g/mol. The molecular formula is C13H18O6. The Morgan fingerprint density at radius 1 is 1.05 bits per heavy atom. The molecule has 0 aromatic heterocycles. The second-order valence-electron chi connectivity index (χ2n) is 4.49. The zero-order valence-corrected chi connectivity index (χ0v) is 10.3. The molecule has 1 aromatic carbocycles. The van der Waals surface area contributed by atoms with Gasteiger partial charge in [0.05, 0.1) is 13.2 Å². The highest BCUT2D eigenvalue weighted by Gasteiger charge is 2.44. The van der Waals surface area contributed by atoms with Crippen LogP contribution in [0, 0.1) is 0 Å². The van der Waals surface area contributed by atoms with Crippen molar-refractivity contribution >= 4 is 0 Å². The Balaban J connectivity index is 2.00. The van der Waals surface area contributed by atoms with Gasteiger partial charge in [0, 0.05) is 0 Å². The van der Waals surface area contributed by atoms with Crippen LogP contribution < -0.4 is 0 Å². The van der Waals surface area contributed by atoms with Gasteiger partial charge in [-0.05, 0) is 5.56 Å². The van der Waals surface area contributed by atoms with Crippen LogP contribution in [0.5, 0.6) is 0 Å². The quantitative estimate of drug-likeness (QED) is 0.560. The van der Waals surface area contributed by atoms with Crippen molar-refractivity contribution in [1.29, 1.82) is 0 Å². The van der Waals surface area contributed by atoms with E-state index in [1.807, 2.05) is 30.3 Å². The fraction of sp³-hybridized carbons (Fsp3) is 0.538. The van der Waals surface area contributed by atoms with Crippen LogP contribution in [-0.2, 0) is 16.1 Å². The molecule has 19 heavy (non-hydrogen) atoms. The molecule has 1 aromatic rings. The maximum atomic E-state index is 9.86. The summed E-state index contributed by atoms with van der Waals surface area (Å²) in [5.74, 6) is 0. The average Bonchev–Trinajstić information content (AvgIpc) is 2.44. The molecule has 1 aliphatic rings. The molecule has 0 saturated carbocycles. The van der Waals surface area contributed by atoms with Crippen molar-refractivity contribution in [2.24, 2.45) is 0 Å². The summed E-state index contributed by atoms with van der Waals surface area (Å²) in [7, 11) is 0. The number of aliphatic hydroxyl groups is 4. The van der Waals surface area contributed by atoms with Gasteiger partial charge in [-0.25, -0.2) is 0 Å². The van der Waals surface area contributed by atoms with Crippen molar-refractivity contribution in [3.05, 3.63) is 35.9 Å². The number of hydrogen-bond donors (Lipinski definition) is 4. The third kappa shape index (κ3) is 3.30. The van der Waals surface area contributed by atoms with Gasteiger partial charge >= 0.3 is 0 Å². The van der Waals surface area contributed by atoms with Crippen molar-refractivity contribution in [1.82, 2.24) is 0 Å². The first-order valence-corrected chi connectivity index (χ1v) is 6.09. The van der Waals surface area contributed by atoms with E-state index in [0.29, 0.717) is 0 Å². The topological polar surface area (TPSA) is 99.4 Å². The first-order valence-electron chi connectivity index (χ1n) is 6.09. The van der Waals surface area contributed by atoms with E-state index in [9.17, 15) is 20.4 Å². The summed E-state index contributed by atoms with van der Waals surface area (Å²) in [6, 6.07) is 9.30. The van der Waals surface area contributed by atoms with Crippen LogP contribution in [0.25, 0.3) is 0 Å². The first kappa shape index (κ1) is 14.4. The highest BCUT2D eigenvalue weighted by Crippen LogP contribution is 2.23. The summed E-state index contributed by atoms with van der Waals surface area (Å²) >= 11 is 0. The highest BCUT2D eigenvalue weighted by atomic mass is 16.6. The Morgan fingerprint density at radius 2 is 1.74 bits per heavy atom. The maximum absolute atomic E-state index is 9.86. The molecule has 0 amide bonds. The summed E-state index contributed by atoms with van der Waals surface area (Å²) in [5.41, 5.74) is 0.895. The molecule has 1 aliphatic heterocycles. The van der Waals surface area contributed by atoms with Crippen LogP contribution in [0.15, 0.2) is 30.3 Å². The van der Waals surface area contributed by atoms with E-state index in [1.54, 1.807) is 0 Å². The van der Waals surface area contributed by atoms with Gasteiger partial charge in [0.25, 0.3) is 0 Å². The lowest BCUT2D eigenvalue weighted by Gasteiger charge is -2.39. The number of ether oxygens (including phenoxy) is 2. The second kappa shape index (κ2) is 6.42. The molecule has 0 unspecified atom stereocenters. The minimum atomic E-state index is -1.52. The molecule has 4 N–H and O–H groups in total. The van der Waals surface area contributed by atoms with Gasteiger partial charge in [-0.2, -0.15) is 0 Å². The van der Waals surface area contributed by atoms with Gasteiger partial charge in [-0.1, -0.05) is 30.3 Å². The fourth-order valence-electron chi connectivity index (χ4n) is 2.04. The third-order valence-electron chi connectivity index (χ3n) is 3.12. The third-order valence-corrected chi connectivity index (χ3v) is 3.12. The lowest BCUT2D eigenvalue weighted by molar-refractivity contribution is -0.295. The van der Waals surface area contributed by atoms with Crippen molar-refractivity contribution in [2.75, 3.05) is 6.61 Å². The Morgan fingerprint density at radius 3 is 2.37 bits per heavy atom. The van der Waals surface area contributed by atoms with Crippen LogP contribution in [0.1, 0.15) is 5.56 Å². The average molecular weight is 270 g/mol. The molecule has 0 aliphatic carbocycles. The molecule has 1 saturated heterocycles. The van der Waals surface area contributed by atoms with Crippen LogP contribution in [-0.4, -0.2) is 57.7 Å². The van der Waals surface area contributed by atoms with Crippen molar-refractivity contribution in [3.63, 3.8) is 0 Å². The number of rotatable bonds is 4. The minimum Gasteiger partial charge on any atom is -0.394 e. The Hall–Kier alpha value is -1.02. The van der Waals surface area contributed by atoms with Gasteiger partial charge in [0.2, 0.25) is 0 Å². The maximum Gasteiger partial charge on any atom is 0.184 e. The lowest BCUT2D eigenvalue weighted by atomic mass is 9.99. The molecule has 106 valence electrons. The highest BCUT2D eigenvalue weighted by molar-refractivity contribution is 5.13. The Kier molecular flexibility index (Phi) is 4.87. The van der Waals surface area contributed by atoms with Crippen LogP contribution in [0.4, 0.5) is 0 Å². The van der Waals surface area contributed by atoms with Crippen LogP contribution >= 0.6 is 0 Å². The molecule has 2 rings (SSSR count). The lowest BCUT2D eigenvalue weighted by Crippen LogP contribution is -2.59. The van der Waals surface area contributed by atoms with Gasteiger partial charge in [-0.15, -0.1) is 0 Å². The van der Waals surface area contributed by atoms with E-state index >= 15 is 0 Å². The summed E-state index contributed by atoms with van der Waals surface area (Å²) in [5, 5.41) is 37.9. The first-order chi connectivity index (χ1) is 9.13. The Labute approximate surface area is 110 Å². The van der Waals surface area contributed by atoms with Crippen molar-refractivity contribution in [2.45, 2.75) is 37.3 Å². The van der Waals surface area contributed by atoms with E-state index < -0.39 is 37.3 Å².